The molecule has 3 rings (SSSR count). The lowest BCUT2D eigenvalue weighted by Crippen LogP contribution is -2.28. The number of ether oxygens (including phenoxy) is 1. The third-order valence-corrected chi connectivity index (χ3v) is 4.50. The average molecular weight is 365 g/mol. The van der Waals surface area contributed by atoms with Crippen LogP contribution in [0.1, 0.15) is 12.8 Å². The first-order valence-electron chi connectivity index (χ1n) is 7.82. The summed E-state index contributed by atoms with van der Waals surface area (Å²) in [4.78, 5) is 12.2. The van der Waals surface area contributed by atoms with Crippen molar-refractivity contribution in [3.63, 3.8) is 0 Å². The van der Waals surface area contributed by atoms with E-state index in [0.717, 1.165) is 29.9 Å². The Hall–Kier alpha value is -1.75. The molecule has 1 fully saturated rings. The Bertz CT molecular complexity index is 713. The molecular weight excluding hydrogens is 347 g/mol. The molecule has 1 heterocycles. The monoisotopic (exact) mass is 364 g/mol. The molecule has 2 aromatic rings. The van der Waals surface area contributed by atoms with Gasteiger partial charge in [-0.05, 0) is 55.3 Å². The van der Waals surface area contributed by atoms with E-state index >= 15 is 0 Å². The first-order chi connectivity index (χ1) is 11.6. The summed E-state index contributed by atoms with van der Waals surface area (Å²) in [6.07, 6.45) is 1.56. The van der Waals surface area contributed by atoms with Crippen molar-refractivity contribution in [3.8, 4) is 0 Å². The van der Waals surface area contributed by atoms with E-state index in [0.29, 0.717) is 23.3 Å². The van der Waals surface area contributed by atoms with Crippen LogP contribution in [0, 0.1) is 5.92 Å². The van der Waals surface area contributed by atoms with E-state index in [9.17, 15) is 4.79 Å². The highest BCUT2D eigenvalue weighted by molar-refractivity contribution is 6.36. The number of hydrogen-bond acceptors (Lipinski definition) is 3. The fraction of sp³-hybridized carbons (Fsp3) is 0.278. The molecule has 1 saturated heterocycles. The van der Waals surface area contributed by atoms with Crippen LogP contribution >= 0.6 is 23.2 Å². The van der Waals surface area contributed by atoms with Gasteiger partial charge in [-0.25, -0.2) is 0 Å². The van der Waals surface area contributed by atoms with E-state index in [4.69, 9.17) is 27.9 Å². The first-order valence-corrected chi connectivity index (χ1v) is 8.58. The Morgan fingerprint density at radius 3 is 2.33 bits per heavy atom. The molecule has 0 radical (unpaired) electrons. The number of benzene rings is 2. The molecule has 2 N–H and O–H groups in total. The molecule has 4 nitrogen and oxygen atoms in total. The van der Waals surface area contributed by atoms with Gasteiger partial charge in [-0.15, -0.1) is 0 Å². The molecule has 1 aliphatic rings. The van der Waals surface area contributed by atoms with Crippen LogP contribution in [0.4, 0.5) is 17.1 Å². The maximum absolute atomic E-state index is 12.2. The van der Waals surface area contributed by atoms with Gasteiger partial charge in [-0.1, -0.05) is 23.2 Å². The van der Waals surface area contributed by atoms with Crippen molar-refractivity contribution in [2.75, 3.05) is 23.8 Å². The van der Waals surface area contributed by atoms with Crippen LogP contribution < -0.4 is 10.6 Å². The second kappa shape index (κ2) is 7.88. The molecule has 0 atom stereocenters. The van der Waals surface area contributed by atoms with Gasteiger partial charge in [0.1, 0.15) is 0 Å². The molecule has 24 heavy (non-hydrogen) atoms. The molecular formula is C18H18Cl2N2O2. The molecule has 0 unspecified atom stereocenters. The highest BCUT2D eigenvalue weighted by Crippen LogP contribution is 2.28. The third-order valence-electron chi connectivity index (χ3n) is 3.95. The van der Waals surface area contributed by atoms with Crippen molar-refractivity contribution in [3.05, 3.63) is 52.5 Å². The van der Waals surface area contributed by atoms with Crippen LogP contribution in [0.2, 0.25) is 10.0 Å². The van der Waals surface area contributed by atoms with Crippen molar-refractivity contribution < 1.29 is 9.53 Å². The Labute approximate surface area is 151 Å². The Balaban J connectivity index is 1.61. The number of nitrogens with one attached hydrogen (secondary N) is 2. The minimum atomic E-state index is 0.0319. The molecule has 1 amide bonds. The Kier molecular flexibility index (Phi) is 5.61. The van der Waals surface area contributed by atoms with Gasteiger partial charge in [0.25, 0.3) is 0 Å². The van der Waals surface area contributed by atoms with E-state index in [2.05, 4.69) is 10.6 Å². The van der Waals surface area contributed by atoms with E-state index < -0.39 is 0 Å². The lowest BCUT2D eigenvalue weighted by Gasteiger charge is -2.21. The Morgan fingerprint density at radius 1 is 1.00 bits per heavy atom. The summed E-state index contributed by atoms with van der Waals surface area (Å²) in [7, 11) is 0. The molecule has 0 aromatic heterocycles. The van der Waals surface area contributed by atoms with E-state index in [1.54, 1.807) is 12.1 Å². The minimum absolute atomic E-state index is 0.0319. The lowest BCUT2D eigenvalue weighted by atomic mass is 9.99. The van der Waals surface area contributed by atoms with Crippen molar-refractivity contribution in [2.45, 2.75) is 12.8 Å². The zero-order valence-electron chi connectivity index (χ0n) is 13.0. The fourth-order valence-corrected chi connectivity index (χ4v) is 3.04. The first kappa shape index (κ1) is 17.1. The standard InChI is InChI=1S/C18H18Cl2N2O2/c19-13-1-6-17(16(20)11-13)21-14-2-4-15(5-3-14)22-18(23)12-7-9-24-10-8-12/h1-6,11-12,21H,7-10H2,(H,22,23). The average Bonchev–Trinajstić information content (AvgIpc) is 2.60. The predicted octanol–water partition coefficient (Wildman–Crippen LogP) is 5.10. The van der Waals surface area contributed by atoms with Crippen LogP contribution in [0.25, 0.3) is 0 Å². The highest BCUT2D eigenvalue weighted by atomic mass is 35.5. The van der Waals surface area contributed by atoms with Gasteiger partial charge in [0.15, 0.2) is 0 Å². The molecule has 6 heteroatoms. The third kappa shape index (κ3) is 4.41. The number of amides is 1. The molecule has 0 saturated carbocycles. The zero-order valence-corrected chi connectivity index (χ0v) is 14.5. The van der Waals surface area contributed by atoms with Gasteiger partial charge in [0.2, 0.25) is 5.91 Å². The van der Waals surface area contributed by atoms with Crippen LogP contribution in [0.15, 0.2) is 42.5 Å². The number of rotatable bonds is 4. The normalized spacial score (nSPS) is 15.1. The zero-order chi connectivity index (χ0) is 16.9. The van der Waals surface area contributed by atoms with Crippen molar-refractivity contribution in [1.29, 1.82) is 0 Å². The lowest BCUT2D eigenvalue weighted by molar-refractivity contribution is -0.122. The summed E-state index contributed by atoms with van der Waals surface area (Å²) in [5, 5.41) is 7.33. The van der Waals surface area contributed by atoms with Crippen molar-refractivity contribution >= 4 is 46.2 Å². The van der Waals surface area contributed by atoms with Crippen LogP contribution in [0.3, 0.4) is 0 Å². The van der Waals surface area contributed by atoms with Crippen LogP contribution in [0.5, 0.6) is 0 Å². The quantitative estimate of drug-likeness (QED) is 0.792. The summed E-state index contributed by atoms with van der Waals surface area (Å²) in [5.74, 6) is 0.0872. The van der Waals surface area contributed by atoms with Crippen LogP contribution in [-0.2, 0) is 9.53 Å². The van der Waals surface area contributed by atoms with E-state index in [1.807, 2.05) is 30.3 Å². The summed E-state index contributed by atoms with van der Waals surface area (Å²) >= 11 is 12.0. The van der Waals surface area contributed by atoms with Crippen molar-refractivity contribution in [2.24, 2.45) is 5.92 Å². The maximum Gasteiger partial charge on any atom is 0.227 e. The second-order valence-corrected chi connectivity index (χ2v) is 6.55. The topological polar surface area (TPSA) is 50.4 Å². The summed E-state index contributed by atoms with van der Waals surface area (Å²) < 4.78 is 5.28. The number of halogens is 2. The second-order valence-electron chi connectivity index (χ2n) is 5.70. The molecule has 126 valence electrons. The minimum Gasteiger partial charge on any atom is -0.381 e. The number of anilines is 3. The van der Waals surface area contributed by atoms with Gasteiger partial charge in [-0.3, -0.25) is 4.79 Å². The van der Waals surface area contributed by atoms with Crippen LogP contribution in [-0.4, -0.2) is 19.1 Å². The highest BCUT2D eigenvalue weighted by Gasteiger charge is 2.21. The molecule has 0 bridgehead atoms. The number of carbonyl (C=O) groups is 1. The molecule has 1 aliphatic heterocycles. The fourth-order valence-electron chi connectivity index (χ4n) is 2.59. The number of hydrogen-bond donors (Lipinski definition) is 2. The van der Waals surface area contributed by atoms with Gasteiger partial charge in [0.05, 0.1) is 10.7 Å². The summed E-state index contributed by atoms with van der Waals surface area (Å²) in [6.45, 7) is 1.31. The summed E-state index contributed by atoms with van der Waals surface area (Å²) in [5.41, 5.74) is 2.43. The van der Waals surface area contributed by atoms with Gasteiger partial charge in [0, 0.05) is 35.5 Å². The largest absolute Gasteiger partial charge is 0.381 e. The summed E-state index contributed by atoms with van der Waals surface area (Å²) in [6, 6.07) is 12.8. The number of carbonyl (C=O) groups excluding carboxylic acids is 1. The van der Waals surface area contributed by atoms with Gasteiger partial charge < -0.3 is 15.4 Å². The molecule has 0 aliphatic carbocycles. The van der Waals surface area contributed by atoms with E-state index in [1.165, 1.54) is 0 Å². The Morgan fingerprint density at radius 2 is 1.67 bits per heavy atom. The van der Waals surface area contributed by atoms with Crippen molar-refractivity contribution in [1.82, 2.24) is 0 Å². The molecule has 2 aromatic carbocycles. The maximum atomic E-state index is 12.2. The van der Waals surface area contributed by atoms with Gasteiger partial charge >= 0.3 is 0 Å². The SMILES string of the molecule is O=C(Nc1ccc(Nc2ccc(Cl)cc2Cl)cc1)C1CCOCC1. The molecule has 0 spiro atoms. The smallest absolute Gasteiger partial charge is 0.227 e. The predicted molar refractivity (Wildman–Crippen MR) is 98.4 cm³/mol. The van der Waals surface area contributed by atoms with E-state index in [-0.39, 0.29) is 11.8 Å². The van der Waals surface area contributed by atoms with Gasteiger partial charge in [-0.2, -0.15) is 0 Å².